The van der Waals surface area contributed by atoms with Gasteiger partial charge < -0.3 is 15.2 Å². The first-order chi connectivity index (χ1) is 14.3. The van der Waals surface area contributed by atoms with Crippen LogP contribution in [-0.2, 0) is 0 Å². The minimum Gasteiger partial charge on any atom is -0.495 e. The average Bonchev–Trinajstić information content (AvgIpc) is 3.09. The van der Waals surface area contributed by atoms with Crippen LogP contribution in [0.3, 0.4) is 0 Å². The number of nitrogens with zero attached hydrogens (tertiary/aromatic N) is 2. The summed E-state index contributed by atoms with van der Waals surface area (Å²) in [7, 11) is 1.51. The van der Waals surface area contributed by atoms with Crippen LogP contribution in [0.2, 0.25) is 10.0 Å². The summed E-state index contributed by atoms with van der Waals surface area (Å²) in [6, 6.07) is 11.6. The van der Waals surface area contributed by atoms with Crippen molar-refractivity contribution >= 4 is 23.2 Å². The number of hydrogen-bond acceptors (Lipinski definition) is 5. The van der Waals surface area contributed by atoms with E-state index in [-0.39, 0.29) is 11.5 Å². The summed E-state index contributed by atoms with van der Waals surface area (Å²) in [5.74, 6) is 0.0584. The number of halogens is 2. The van der Waals surface area contributed by atoms with E-state index in [2.05, 4.69) is 22.3 Å². The normalized spacial score (nSPS) is 15.4. The van der Waals surface area contributed by atoms with Gasteiger partial charge in [-0.3, -0.25) is 5.10 Å². The number of ether oxygens (including phenoxy) is 2. The van der Waals surface area contributed by atoms with Gasteiger partial charge in [-0.2, -0.15) is 5.26 Å². The largest absolute Gasteiger partial charge is 0.495 e. The Balaban J connectivity index is 2.04. The monoisotopic (exact) mass is 440 g/mol. The number of aryl methyl sites for hydroxylation is 2. The Hall–Kier alpha value is -3.14. The van der Waals surface area contributed by atoms with Gasteiger partial charge in [-0.15, -0.1) is 5.10 Å². The standard InChI is InChI=1S/C22H18Cl2N4O2/c1-10-4-5-13(11(2)6-10)19-18-17(14-7-12(23)8-16(24)20(14)29-3)15(9-25)21(26)30-22(18)28-27-19/h4-8,17H,26H2,1-3H3,(H,27,28)/t17-/m0/s1. The third-order valence-corrected chi connectivity index (χ3v) is 5.64. The number of aromatic amines is 1. The molecule has 1 aliphatic heterocycles. The van der Waals surface area contributed by atoms with Gasteiger partial charge in [0.15, 0.2) is 0 Å². The number of allylic oxidation sites excluding steroid dienone is 1. The van der Waals surface area contributed by atoms with Crippen LogP contribution in [0, 0.1) is 25.2 Å². The van der Waals surface area contributed by atoms with Gasteiger partial charge in [0.25, 0.3) is 0 Å². The van der Waals surface area contributed by atoms with Crippen molar-refractivity contribution in [3.63, 3.8) is 0 Å². The van der Waals surface area contributed by atoms with Crippen LogP contribution in [0.1, 0.15) is 28.2 Å². The van der Waals surface area contributed by atoms with Gasteiger partial charge in [-0.05, 0) is 31.5 Å². The molecule has 0 amide bonds. The second kappa shape index (κ2) is 7.60. The lowest BCUT2D eigenvalue weighted by atomic mass is 9.82. The molecule has 4 rings (SSSR count). The number of methoxy groups -OCH3 is 1. The molecule has 1 atom stereocenters. The minimum absolute atomic E-state index is 0.0215. The van der Waals surface area contributed by atoms with Crippen LogP contribution >= 0.6 is 23.2 Å². The third kappa shape index (κ3) is 3.17. The molecular weight excluding hydrogens is 423 g/mol. The van der Waals surface area contributed by atoms with Crippen molar-refractivity contribution in [2.75, 3.05) is 7.11 Å². The van der Waals surface area contributed by atoms with E-state index in [9.17, 15) is 5.26 Å². The summed E-state index contributed by atoms with van der Waals surface area (Å²) in [5.41, 5.74) is 11.4. The molecule has 0 saturated heterocycles. The Bertz CT molecular complexity index is 1240. The van der Waals surface area contributed by atoms with E-state index in [0.717, 1.165) is 22.4 Å². The van der Waals surface area contributed by atoms with E-state index in [1.54, 1.807) is 12.1 Å². The van der Waals surface area contributed by atoms with E-state index >= 15 is 0 Å². The summed E-state index contributed by atoms with van der Waals surface area (Å²) in [6.07, 6.45) is 0. The van der Waals surface area contributed by atoms with E-state index in [1.807, 2.05) is 26.0 Å². The topological polar surface area (TPSA) is 96.9 Å². The van der Waals surface area contributed by atoms with Crippen molar-refractivity contribution in [3.8, 4) is 29.0 Å². The van der Waals surface area contributed by atoms with Gasteiger partial charge in [-0.1, -0.05) is 47.0 Å². The van der Waals surface area contributed by atoms with Crippen molar-refractivity contribution < 1.29 is 9.47 Å². The van der Waals surface area contributed by atoms with Gasteiger partial charge >= 0.3 is 0 Å². The summed E-state index contributed by atoms with van der Waals surface area (Å²) in [4.78, 5) is 0. The van der Waals surface area contributed by atoms with Crippen molar-refractivity contribution in [2.45, 2.75) is 19.8 Å². The molecule has 152 valence electrons. The molecule has 0 unspecified atom stereocenters. The molecule has 0 spiro atoms. The SMILES string of the molecule is COc1c(Cl)cc(Cl)cc1[C@H]1C(C#N)=C(N)Oc2n[nH]c(-c3ccc(C)cc3C)c21. The predicted molar refractivity (Wildman–Crippen MR) is 116 cm³/mol. The van der Waals surface area contributed by atoms with E-state index < -0.39 is 5.92 Å². The zero-order valence-electron chi connectivity index (χ0n) is 16.5. The molecule has 8 heteroatoms. The molecule has 1 aliphatic rings. The van der Waals surface area contributed by atoms with Crippen LogP contribution in [0.25, 0.3) is 11.3 Å². The van der Waals surface area contributed by atoms with E-state index in [1.165, 1.54) is 7.11 Å². The van der Waals surface area contributed by atoms with Crippen molar-refractivity contribution in [1.82, 2.24) is 10.2 Å². The Morgan fingerprint density at radius 3 is 2.67 bits per heavy atom. The smallest absolute Gasteiger partial charge is 0.244 e. The van der Waals surface area contributed by atoms with Crippen molar-refractivity contribution in [2.24, 2.45) is 5.73 Å². The van der Waals surface area contributed by atoms with Gasteiger partial charge in [0, 0.05) is 16.1 Å². The maximum Gasteiger partial charge on any atom is 0.244 e. The first-order valence-electron chi connectivity index (χ1n) is 9.12. The molecule has 6 nitrogen and oxygen atoms in total. The van der Waals surface area contributed by atoms with Crippen LogP contribution in [0.5, 0.6) is 11.6 Å². The summed E-state index contributed by atoms with van der Waals surface area (Å²) >= 11 is 12.7. The summed E-state index contributed by atoms with van der Waals surface area (Å²) < 4.78 is 11.2. The third-order valence-electron chi connectivity index (χ3n) is 5.14. The summed E-state index contributed by atoms with van der Waals surface area (Å²) in [6.45, 7) is 4.04. The number of hydrogen-bond donors (Lipinski definition) is 2. The van der Waals surface area contributed by atoms with Gasteiger partial charge in [0.2, 0.25) is 11.8 Å². The van der Waals surface area contributed by atoms with Crippen molar-refractivity contribution in [3.05, 3.63) is 74.1 Å². The molecule has 0 saturated carbocycles. The number of rotatable bonds is 3. The van der Waals surface area contributed by atoms with Crippen LogP contribution in [0.15, 0.2) is 41.8 Å². The molecule has 0 aliphatic carbocycles. The average molecular weight is 441 g/mol. The Morgan fingerprint density at radius 1 is 1.23 bits per heavy atom. The molecule has 0 fully saturated rings. The van der Waals surface area contributed by atoms with Gasteiger partial charge in [0.05, 0.1) is 29.3 Å². The molecule has 1 aromatic heterocycles. The molecule has 3 aromatic rings. The lowest BCUT2D eigenvalue weighted by Gasteiger charge is -2.26. The highest BCUT2D eigenvalue weighted by molar-refractivity contribution is 6.35. The number of aromatic nitrogens is 2. The number of H-pyrrole nitrogens is 1. The molecule has 0 radical (unpaired) electrons. The predicted octanol–water partition coefficient (Wildman–Crippen LogP) is 5.23. The zero-order valence-corrected chi connectivity index (χ0v) is 18.0. The number of nitrogens with two attached hydrogens (primary N) is 1. The summed E-state index contributed by atoms with van der Waals surface area (Å²) in [5, 5.41) is 18.0. The minimum atomic E-state index is -0.626. The van der Waals surface area contributed by atoms with Crippen LogP contribution < -0.4 is 15.2 Å². The lowest BCUT2D eigenvalue weighted by Crippen LogP contribution is -2.21. The fourth-order valence-corrected chi connectivity index (χ4v) is 4.45. The molecule has 3 N–H and O–H groups in total. The first kappa shape index (κ1) is 20.1. The molecule has 30 heavy (non-hydrogen) atoms. The molecule has 2 aromatic carbocycles. The molecular formula is C22H18Cl2N4O2. The highest BCUT2D eigenvalue weighted by atomic mass is 35.5. The van der Waals surface area contributed by atoms with Crippen LogP contribution in [0.4, 0.5) is 0 Å². The first-order valence-corrected chi connectivity index (χ1v) is 9.87. The van der Waals surface area contributed by atoms with Gasteiger partial charge in [-0.25, -0.2) is 0 Å². The Morgan fingerprint density at radius 2 is 2.00 bits per heavy atom. The quantitative estimate of drug-likeness (QED) is 0.580. The second-order valence-electron chi connectivity index (χ2n) is 7.07. The molecule has 2 heterocycles. The number of nitrogens with one attached hydrogen (secondary N) is 1. The fraction of sp³-hybridized carbons (Fsp3) is 0.182. The van der Waals surface area contributed by atoms with Crippen molar-refractivity contribution in [1.29, 1.82) is 5.26 Å². The Labute approximate surface area is 183 Å². The lowest BCUT2D eigenvalue weighted by molar-refractivity contribution is 0.375. The highest BCUT2D eigenvalue weighted by Crippen LogP contribution is 2.50. The number of benzene rings is 2. The van der Waals surface area contributed by atoms with E-state index in [4.69, 9.17) is 38.4 Å². The second-order valence-corrected chi connectivity index (χ2v) is 7.91. The van der Waals surface area contributed by atoms with E-state index in [0.29, 0.717) is 32.8 Å². The fourth-order valence-electron chi connectivity index (χ4n) is 3.87. The zero-order chi connectivity index (χ0) is 21.6. The maximum atomic E-state index is 9.91. The molecule has 0 bridgehead atoms. The Kier molecular flexibility index (Phi) is 5.10. The number of fused-ring (bicyclic) bond motifs is 1. The number of nitriles is 1. The highest BCUT2D eigenvalue weighted by Gasteiger charge is 2.38. The van der Waals surface area contributed by atoms with Crippen LogP contribution in [-0.4, -0.2) is 17.3 Å². The maximum absolute atomic E-state index is 9.91. The van der Waals surface area contributed by atoms with Gasteiger partial charge in [0.1, 0.15) is 17.4 Å².